The number of ether oxygens (including phenoxy) is 1. The van der Waals surface area contributed by atoms with Crippen molar-refractivity contribution in [3.8, 4) is 0 Å². The second kappa shape index (κ2) is 8.83. The van der Waals surface area contributed by atoms with E-state index in [9.17, 15) is 4.79 Å². The van der Waals surface area contributed by atoms with Crippen molar-refractivity contribution in [2.24, 2.45) is 0 Å². The summed E-state index contributed by atoms with van der Waals surface area (Å²) in [6.45, 7) is 10.0. The van der Waals surface area contributed by atoms with Gasteiger partial charge in [-0.25, -0.2) is 9.78 Å². The standard InChI is InChI=1S/C24H28Cl2N4O2/c1-16-14-28(23(31)32-24(2,3)4)12-13-29(16)22-27-20-10-5-6-11-21(20)30(22)15-17-18(25)8-7-9-19(17)26/h5-11,16H,12-15H2,1-4H3. The van der Waals surface area contributed by atoms with Gasteiger partial charge in [-0.3, -0.25) is 0 Å². The Morgan fingerprint density at radius 1 is 1.09 bits per heavy atom. The number of fused-ring (bicyclic) bond motifs is 1. The van der Waals surface area contributed by atoms with Crippen LogP contribution in [0.2, 0.25) is 10.0 Å². The molecule has 1 saturated heterocycles. The quantitative estimate of drug-likeness (QED) is 0.478. The molecule has 8 heteroatoms. The van der Waals surface area contributed by atoms with E-state index in [4.69, 9.17) is 32.9 Å². The van der Waals surface area contributed by atoms with Crippen LogP contribution in [0.5, 0.6) is 0 Å². The Bertz CT molecular complexity index is 1120. The molecule has 4 rings (SSSR count). The van der Waals surface area contributed by atoms with Gasteiger partial charge in [-0.2, -0.15) is 0 Å². The van der Waals surface area contributed by atoms with Crippen molar-refractivity contribution in [1.82, 2.24) is 14.5 Å². The van der Waals surface area contributed by atoms with Crippen LogP contribution in [0.3, 0.4) is 0 Å². The molecule has 1 fully saturated rings. The number of halogens is 2. The van der Waals surface area contributed by atoms with E-state index in [0.29, 0.717) is 36.2 Å². The topological polar surface area (TPSA) is 50.6 Å². The van der Waals surface area contributed by atoms with Crippen LogP contribution in [0, 0.1) is 0 Å². The van der Waals surface area contributed by atoms with Gasteiger partial charge in [0.15, 0.2) is 0 Å². The number of rotatable bonds is 3. The number of hydrogen-bond donors (Lipinski definition) is 0. The number of anilines is 1. The third-order valence-electron chi connectivity index (χ3n) is 5.55. The molecule has 1 aromatic heterocycles. The lowest BCUT2D eigenvalue weighted by Crippen LogP contribution is -2.55. The van der Waals surface area contributed by atoms with Crippen LogP contribution in [0.4, 0.5) is 10.7 Å². The highest BCUT2D eigenvalue weighted by Crippen LogP contribution is 2.31. The van der Waals surface area contributed by atoms with Gasteiger partial charge in [-0.15, -0.1) is 0 Å². The van der Waals surface area contributed by atoms with Crippen molar-refractivity contribution in [2.45, 2.75) is 45.9 Å². The van der Waals surface area contributed by atoms with E-state index in [1.807, 2.05) is 57.2 Å². The van der Waals surface area contributed by atoms with Crippen LogP contribution in [0.15, 0.2) is 42.5 Å². The Morgan fingerprint density at radius 3 is 2.44 bits per heavy atom. The first-order valence-corrected chi connectivity index (χ1v) is 11.5. The maximum atomic E-state index is 12.6. The molecule has 1 unspecified atom stereocenters. The molecule has 1 atom stereocenters. The molecule has 0 N–H and O–H groups in total. The summed E-state index contributed by atoms with van der Waals surface area (Å²) >= 11 is 13.0. The minimum atomic E-state index is -0.514. The van der Waals surface area contributed by atoms with E-state index in [-0.39, 0.29) is 12.1 Å². The van der Waals surface area contributed by atoms with Crippen molar-refractivity contribution in [3.05, 3.63) is 58.1 Å². The van der Waals surface area contributed by atoms with Crippen LogP contribution in [-0.2, 0) is 11.3 Å². The Kier molecular flexibility index (Phi) is 6.28. The molecule has 6 nitrogen and oxygen atoms in total. The van der Waals surface area contributed by atoms with Gasteiger partial charge in [-0.1, -0.05) is 41.4 Å². The summed E-state index contributed by atoms with van der Waals surface area (Å²) in [4.78, 5) is 21.5. The Morgan fingerprint density at radius 2 is 1.78 bits per heavy atom. The summed E-state index contributed by atoms with van der Waals surface area (Å²) < 4.78 is 7.72. The molecule has 1 aliphatic rings. The molecule has 0 radical (unpaired) electrons. The molecule has 2 aromatic carbocycles. The number of carbonyl (C=O) groups is 1. The van der Waals surface area contributed by atoms with E-state index in [1.165, 1.54) is 0 Å². The molecule has 3 aromatic rings. The lowest BCUT2D eigenvalue weighted by Gasteiger charge is -2.40. The number of aromatic nitrogens is 2. The smallest absolute Gasteiger partial charge is 0.410 e. The minimum absolute atomic E-state index is 0.0635. The summed E-state index contributed by atoms with van der Waals surface area (Å²) in [5.74, 6) is 0.846. The number of piperazine rings is 1. The molecule has 1 amide bonds. The summed E-state index contributed by atoms with van der Waals surface area (Å²) in [7, 11) is 0. The molecule has 0 aliphatic carbocycles. The largest absolute Gasteiger partial charge is 0.444 e. The van der Waals surface area contributed by atoms with Crippen LogP contribution in [0.1, 0.15) is 33.3 Å². The van der Waals surface area contributed by atoms with E-state index >= 15 is 0 Å². The predicted molar refractivity (Wildman–Crippen MR) is 130 cm³/mol. The Balaban J connectivity index is 1.65. The van der Waals surface area contributed by atoms with Crippen molar-refractivity contribution in [3.63, 3.8) is 0 Å². The first-order chi connectivity index (χ1) is 15.1. The van der Waals surface area contributed by atoms with Gasteiger partial charge in [-0.05, 0) is 52.0 Å². The summed E-state index contributed by atoms with van der Waals surface area (Å²) in [5.41, 5.74) is 2.27. The zero-order valence-corrected chi connectivity index (χ0v) is 20.3. The van der Waals surface area contributed by atoms with Gasteiger partial charge in [0.2, 0.25) is 5.95 Å². The molecule has 0 bridgehead atoms. The molecular weight excluding hydrogens is 447 g/mol. The number of amides is 1. The highest BCUT2D eigenvalue weighted by molar-refractivity contribution is 6.36. The van der Waals surface area contributed by atoms with Crippen molar-refractivity contribution < 1.29 is 9.53 Å². The maximum Gasteiger partial charge on any atom is 0.410 e. The van der Waals surface area contributed by atoms with Crippen molar-refractivity contribution >= 4 is 46.3 Å². The first kappa shape index (κ1) is 22.7. The highest BCUT2D eigenvalue weighted by atomic mass is 35.5. The van der Waals surface area contributed by atoms with Gasteiger partial charge in [0.05, 0.1) is 17.6 Å². The number of benzene rings is 2. The third-order valence-corrected chi connectivity index (χ3v) is 6.26. The van der Waals surface area contributed by atoms with Crippen LogP contribution in [0.25, 0.3) is 11.0 Å². The van der Waals surface area contributed by atoms with E-state index in [2.05, 4.69) is 22.5 Å². The monoisotopic (exact) mass is 474 g/mol. The number of hydrogen-bond acceptors (Lipinski definition) is 4. The number of carbonyl (C=O) groups excluding carboxylic acids is 1. The summed E-state index contributed by atoms with van der Waals surface area (Å²) in [6.07, 6.45) is -0.277. The van der Waals surface area contributed by atoms with Gasteiger partial charge in [0, 0.05) is 41.3 Å². The number of nitrogens with zero attached hydrogens (tertiary/aromatic N) is 4. The number of imidazole rings is 1. The third kappa shape index (κ3) is 4.66. The fraction of sp³-hybridized carbons (Fsp3) is 0.417. The molecule has 0 saturated carbocycles. The van der Waals surface area contributed by atoms with Crippen molar-refractivity contribution in [1.29, 1.82) is 0 Å². The Hall–Kier alpha value is -2.44. The van der Waals surface area contributed by atoms with Gasteiger partial charge >= 0.3 is 6.09 Å². The zero-order valence-electron chi connectivity index (χ0n) is 18.8. The highest BCUT2D eigenvalue weighted by Gasteiger charge is 2.32. The second-order valence-corrected chi connectivity index (χ2v) is 9.97. The van der Waals surface area contributed by atoms with Gasteiger partial charge in [0.1, 0.15) is 5.60 Å². The van der Waals surface area contributed by atoms with E-state index in [0.717, 1.165) is 22.5 Å². The first-order valence-electron chi connectivity index (χ1n) is 10.8. The normalized spacial score (nSPS) is 17.1. The van der Waals surface area contributed by atoms with E-state index in [1.54, 1.807) is 4.90 Å². The SMILES string of the molecule is CC1CN(C(=O)OC(C)(C)C)CCN1c1nc2ccccc2n1Cc1c(Cl)cccc1Cl. The second-order valence-electron chi connectivity index (χ2n) is 9.16. The summed E-state index contributed by atoms with van der Waals surface area (Å²) in [6, 6.07) is 13.7. The fourth-order valence-electron chi connectivity index (χ4n) is 4.03. The minimum Gasteiger partial charge on any atom is -0.444 e. The zero-order chi connectivity index (χ0) is 23.0. The maximum absolute atomic E-state index is 12.6. The molecule has 0 spiro atoms. The Labute approximate surface area is 198 Å². The van der Waals surface area contributed by atoms with Gasteiger partial charge < -0.3 is 19.1 Å². The molecule has 170 valence electrons. The summed E-state index contributed by atoms with van der Waals surface area (Å²) in [5, 5.41) is 1.26. The average Bonchev–Trinajstić information content (AvgIpc) is 3.07. The molecule has 1 aliphatic heterocycles. The lowest BCUT2D eigenvalue weighted by atomic mass is 10.2. The predicted octanol–water partition coefficient (Wildman–Crippen LogP) is 5.84. The van der Waals surface area contributed by atoms with Crippen molar-refractivity contribution in [2.75, 3.05) is 24.5 Å². The number of para-hydroxylation sites is 2. The van der Waals surface area contributed by atoms with Crippen LogP contribution < -0.4 is 4.90 Å². The molecule has 32 heavy (non-hydrogen) atoms. The van der Waals surface area contributed by atoms with Crippen LogP contribution >= 0.6 is 23.2 Å². The molecular formula is C24H28Cl2N4O2. The van der Waals surface area contributed by atoms with Crippen LogP contribution in [-0.4, -0.2) is 51.8 Å². The van der Waals surface area contributed by atoms with E-state index < -0.39 is 5.60 Å². The average molecular weight is 475 g/mol. The lowest BCUT2D eigenvalue weighted by molar-refractivity contribution is 0.0218. The van der Waals surface area contributed by atoms with Gasteiger partial charge in [0.25, 0.3) is 0 Å². The molecule has 2 heterocycles. The fourth-order valence-corrected chi connectivity index (χ4v) is 4.54.